The van der Waals surface area contributed by atoms with E-state index in [0.29, 0.717) is 18.4 Å². The number of aliphatic imine (C=N–C) groups is 1. The number of aliphatic carboxylic acids is 1. The van der Waals surface area contributed by atoms with Crippen molar-refractivity contribution in [1.29, 1.82) is 0 Å². The number of carbonyl (C=O) groups is 5. The molecule has 4 atom stereocenters. The Morgan fingerprint density at radius 2 is 1.70 bits per heavy atom. The van der Waals surface area contributed by atoms with Crippen LogP contribution in [0.3, 0.4) is 0 Å². The van der Waals surface area contributed by atoms with Crippen molar-refractivity contribution in [2.45, 2.75) is 69.1 Å². The van der Waals surface area contributed by atoms with Gasteiger partial charge in [0.25, 0.3) is 0 Å². The van der Waals surface area contributed by atoms with E-state index in [1.807, 2.05) is 0 Å². The normalized spacial score (nSPS) is 16.8. The van der Waals surface area contributed by atoms with Gasteiger partial charge < -0.3 is 48.7 Å². The van der Waals surface area contributed by atoms with Crippen LogP contribution in [0.2, 0.25) is 0 Å². The van der Waals surface area contributed by atoms with Crippen molar-refractivity contribution < 1.29 is 34.2 Å². The molecule has 0 aliphatic carbocycles. The van der Waals surface area contributed by atoms with Gasteiger partial charge in [0, 0.05) is 19.5 Å². The van der Waals surface area contributed by atoms with Gasteiger partial charge in [-0.25, -0.2) is 4.79 Å². The summed E-state index contributed by atoms with van der Waals surface area (Å²) in [4.78, 5) is 67.5. The van der Waals surface area contributed by atoms with Crippen LogP contribution in [0.25, 0.3) is 0 Å². The third-order valence-electron chi connectivity index (χ3n) is 6.42. The van der Waals surface area contributed by atoms with Gasteiger partial charge in [0.15, 0.2) is 5.96 Å². The Hall–Kier alpha value is -4.40. The molecule has 0 saturated carbocycles. The molecule has 1 heterocycles. The van der Waals surface area contributed by atoms with Gasteiger partial charge in [-0.3, -0.25) is 24.2 Å². The number of nitrogens with one attached hydrogen (secondary N) is 2. The topological polar surface area (TPSA) is 270 Å². The minimum absolute atomic E-state index is 0.0590. The highest BCUT2D eigenvalue weighted by molar-refractivity contribution is 5.94. The zero-order valence-electron chi connectivity index (χ0n) is 22.1. The molecule has 12 N–H and O–H groups in total. The van der Waals surface area contributed by atoms with Crippen molar-refractivity contribution >= 4 is 35.6 Å². The molecule has 0 spiro atoms. The van der Waals surface area contributed by atoms with E-state index in [0.717, 1.165) is 0 Å². The molecule has 1 aromatic carbocycles. The summed E-state index contributed by atoms with van der Waals surface area (Å²) in [5.74, 6) is -3.90. The van der Waals surface area contributed by atoms with E-state index < -0.39 is 53.8 Å². The molecule has 40 heavy (non-hydrogen) atoms. The highest BCUT2D eigenvalue weighted by Gasteiger charge is 2.39. The van der Waals surface area contributed by atoms with Crippen LogP contribution in [-0.2, 0) is 30.4 Å². The van der Waals surface area contributed by atoms with Crippen LogP contribution in [0.15, 0.2) is 29.3 Å². The van der Waals surface area contributed by atoms with Crippen LogP contribution in [0, 0.1) is 0 Å². The first-order valence-electron chi connectivity index (χ1n) is 12.9. The number of benzene rings is 1. The Morgan fingerprint density at radius 3 is 2.30 bits per heavy atom. The van der Waals surface area contributed by atoms with Gasteiger partial charge in [0.2, 0.25) is 23.6 Å². The monoisotopic (exact) mass is 562 g/mol. The van der Waals surface area contributed by atoms with Gasteiger partial charge in [-0.05, 0) is 56.2 Å². The number of primary amides is 1. The third kappa shape index (κ3) is 10.1. The lowest BCUT2D eigenvalue weighted by molar-refractivity contribution is -0.145. The van der Waals surface area contributed by atoms with Gasteiger partial charge in [-0.1, -0.05) is 12.1 Å². The first-order chi connectivity index (χ1) is 18.9. The SMILES string of the molecule is NC(=O)CCC(NC(=O)C(N)Cc1ccc(O)cc1)C(=O)N1CCCC1C(=O)NC(CCCN=C(N)N)C(=O)O. The molecule has 220 valence electrons. The number of carbonyl (C=O) groups excluding carboxylic acids is 4. The fourth-order valence-electron chi connectivity index (χ4n) is 4.33. The summed E-state index contributed by atoms with van der Waals surface area (Å²) in [7, 11) is 0. The van der Waals surface area contributed by atoms with Gasteiger partial charge in [-0.15, -0.1) is 0 Å². The van der Waals surface area contributed by atoms with Crippen molar-refractivity contribution in [3.63, 3.8) is 0 Å². The van der Waals surface area contributed by atoms with Crippen LogP contribution in [-0.4, -0.2) is 87.9 Å². The second-order valence-electron chi connectivity index (χ2n) is 9.58. The smallest absolute Gasteiger partial charge is 0.326 e. The maximum absolute atomic E-state index is 13.5. The summed E-state index contributed by atoms with van der Waals surface area (Å²) in [6.45, 7) is 0.383. The van der Waals surface area contributed by atoms with Crippen molar-refractivity contribution in [3.05, 3.63) is 29.8 Å². The largest absolute Gasteiger partial charge is 0.508 e. The maximum atomic E-state index is 13.5. The maximum Gasteiger partial charge on any atom is 0.326 e. The first-order valence-corrected chi connectivity index (χ1v) is 12.9. The van der Waals surface area contributed by atoms with E-state index in [9.17, 15) is 34.2 Å². The number of amides is 4. The molecule has 1 aliphatic rings. The molecule has 0 radical (unpaired) electrons. The van der Waals surface area contributed by atoms with E-state index in [1.54, 1.807) is 12.1 Å². The number of aromatic hydroxyl groups is 1. The van der Waals surface area contributed by atoms with Crippen LogP contribution in [0.4, 0.5) is 0 Å². The number of rotatable bonds is 15. The summed E-state index contributed by atoms with van der Waals surface area (Å²) in [5, 5.41) is 24.0. The molecule has 0 bridgehead atoms. The van der Waals surface area contributed by atoms with Crippen molar-refractivity contribution in [1.82, 2.24) is 15.5 Å². The van der Waals surface area contributed by atoms with E-state index in [2.05, 4.69) is 15.6 Å². The molecule has 15 heteroatoms. The van der Waals surface area contributed by atoms with Gasteiger partial charge in [-0.2, -0.15) is 0 Å². The van der Waals surface area contributed by atoms with Crippen LogP contribution in [0.1, 0.15) is 44.1 Å². The molecule has 15 nitrogen and oxygen atoms in total. The predicted molar refractivity (Wildman–Crippen MR) is 144 cm³/mol. The van der Waals surface area contributed by atoms with E-state index in [4.69, 9.17) is 22.9 Å². The van der Waals surface area contributed by atoms with Gasteiger partial charge in [0.1, 0.15) is 23.9 Å². The number of guanidine groups is 1. The molecule has 1 saturated heterocycles. The Morgan fingerprint density at radius 1 is 1.02 bits per heavy atom. The lowest BCUT2D eigenvalue weighted by Gasteiger charge is -2.30. The molecule has 4 unspecified atom stereocenters. The van der Waals surface area contributed by atoms with Crippen LogP contribution < -0.4 is 33.6 Å². The van der Waals surface area contributed by atoms with Crippen LogP contribution >= 0.6 is 0 Å². The standard InChI is InChI=1S/C25H38N8O7/c26-16(13-14-5-7-15(34)8-6-14)21(36)31-17(9-10-20(27)35)23(38)33-12-2-4-19(33)22(37)32-18(24(39)40)3-1-11-30-25(28)29/h5-8,16-19,34H,1-4,9-13,26H2,(H2,27,35)(H,31,36)(H,32,37)(H,39,40)(H4,28,29,30). The highest BCUT2D eigenvalue weighted by atomic mass is 16.4. The van der Waals surface area contributed by atoms with E-state index in [-0.39, 0.29) is 56.9 Å². The number of phenolic OH excluding ortho intramolecular Hbond substituents is 1. The second kappa shape index (κ2) is 15.3. The van der Waals surface area contributed by atoms with E-state index in [1.165, 1.54) is 17.0 Å². The van der Waals surface area contributed by atoms with Crippen molar-refractivity contribution in [2.24, 2.45) is 27.9 Å². The average Bonchev–Trinajstić information content (AvgIpc) is 3.38. The zero-order valence-corrected chi connectivity index (χ0v) is 22.1. The van der Waals surface area contributed by atoms with Crippen molar-refractivity contribution in [3.8, 4) is 5.75 Å². The molecule has 4 amide bonds. The molecule has 1 aromatic rings. The molecule has 0 aromatic heterocycles. The minimum Gasteiger partial charge on any atom is -0.508 e. The number of carboxylic acids is 1. The van der Waals surface area contributed by atoms with Gasteiger partial charge in [0.05, 0.1) is 6.04 Å². The Bertz CT molecular complexity index is 1090. The average molecular weight is 563 g/mol. The molecule has 1 fully saturated rings. The molecule has 2 rings (SSSR count). The molecular formula is C25H38N8O7. The summed E-state index contributed by atoms with van der Waals surface area (Å²) in [6.07, 6.45) is 0.933. The predicted octanol–water partition coefficient (Wildman–Crippen LogP) is -2.37. The second-order valence-corrected chi connectivity index (χ2v) is 9.58. The third-order valence-corrected chi connectivity index (χ3v) is 6.42. The zero-order chi connectivity index (χ0) is 29.8. The summed E-state index contributed by atoms with van der Waals surface area (Å²) >= 11 is 0. The highest BCUT2D eigenvalue weighted by Crippen LogP contribution is 2.20. The Balaban J connectivity index is 2.09. The number of nitrogens with two attached hydrogens (primary N) is 4. The Labute approximate surface area is 231 Å². The van der Waals surface area contributed by atoms with Crippen LogP contribution in [0.5, 0.6) is 5.75 Å². The summed E-state index contributed by atoms with van der Waals surface area (Å²) in [6, 6.07) is 1.71. The number of hydrogen-bond acceptors (Lipinski definition) is 8. The summed E-state index contributed by atoms with van der Waals surface area (Å²) < 4.78 is 0. The van der Waals surface area contributed by atoms with E-state index >= 15 is 0 Å². The lowest BCUT2D eigenvalue weighted by Crippen LogP contribution is -2.57. The molecular weight excluding hydrogens is 524 g/mol. The fourth-order valence-corrected chi connectivity index (χ4v) is 4.33. The molecule has 1 aliphatic heterocycles. The number of hydrogen-bond donors (Lipinski definition) is 8. The quantitative estimate of drug-likeness (QED) is 0.0639. The fraction of sp³-hybridized carbons (Fsp3) is 0.520. The number of carboxylic acid groups (broad SMARTS) is 1. The lowest BCUT2D eigenvalue weighted by atomic mass is 10.0. The first kappa shape index (κ1) is 31.8. The number of phenols is 1. The van der Waals surface area contributed by atoms with Gasteiger partial charge >= 0.3 is 5.97 Å². The minimum atomic E-state index is -1.25. The number of likely N-dealkylation sites (tertiary alicyclic amines) is 1. The van der Waals surface area contributed by atoms with Crippen molar-refractivity contribution in [2.75, 3.05) is 13.1 Å². The Kier molecular flexibility index (Phi) is 12.1. The summed E-state index contributed by atoms with van der Waals surface area (Å²) in [5.41, 5.74) is 22.5. The number of nitrogens with zero attached hydrogens (tertiary/aromatic N) is 2.